The predicted octanol–water partition coefficient (Wildman–Crippen LogP) is 4.46. The van der Waals surface area contributed by atoms with Gasteiger partial charge in [-0.15, -0.1) is 0 Å². The first-order valence-electron chi connectivity index (χ1n) is 7.31. The second kappa shape index (κ2) is 4.47. The number of nitrogens with zero attached hydrogens (tertiary/aromatic N) is 2. The smallest absolute Gasteiger partial charge is 0.129 e. The van der Waals surface area contributed by atoms with Crippen LogP contribution >= 0.6 is 0 Å². The third-order valence-electron chi connectivity index (χ3n) is 4.14. The number of rotatable bonds is 1. The first-order chi connectivity index (χ1) is 10.6. The van der Waals surface area contributed by atoms with E-state index in [2.05, 4.69) is 11.1 Å². The van der Waals surface area contributed by atoms with E-state index in [0.29, 0.717) is 5.56 Å². The molecule has 1 aromatic heterocycles. The van der Waals surface area contributed by atoms with E-state index in [0.717, 1.165) is 27.7 Å². The molecule has 0 amide bonds. The summed E-state index contributed by atoms with van der Waals surface area (Å²) in [5.74, 6) is -0.199. The van der Waals surface area contributed by atoms with Crippen LogP contribution in [0.1, 0.15) is 30.5 Å². The van der Waals surface area contributed by atoms with Gasteiger partial charge < -0.3 is 0 Å². The Morgan fingerprint density at radius 3 is 2.68 bits per heavy atom. The summed E-state index contributed by atoms with van der Waals surface area (Å²) in [6, 6.07) is 15.2. The lowest BCUT2D eigenvalue weighted by Gasteiger charge is -2.16. The van der Waals surface area contributed by atoms with Gasteiger partial charge in [-0.05, 0) is 32.0 Å². The monoisotopic (exact) mass is 290 g/mol. The number of fused-ring (bicyclic) bond motifs is 2. The number of para-hydroxylation sites is 1. The zero-order valence-electron chi connectivity index (χ0n) is 12.5. The summed E-state index contributed by atoms with van der Waals surface area (Å²) in [6.45, 7) is 3.88. The van der Waals surface area contributed by atoms with Crippen molar-refractivity contribution in [3.05, 3.63) is 77.2 Å². The lowest BCUT2D eigenvalue weighted by Crippen LogP contribution is -2.12. The van der Waals surface area contributed by atoms with Gasteiger partial charge in [-0.25, -0.2) is 4.39 Å². The maximum atomic E-state index is 14.2. The molecule has 0 aliphatic carbocycles. The van der Waals surface area contributed by atoms with Crippen LogP contribution in [0.3, 0.4) is 0 Å². The molecule has 0 unspecified atom stereocenters. The van der Waals surface area contributed by atoms with Gasteiger partial charge in [-0.2, -0.15) is 0 Å². The average Bonchev–Trinajstić information content (AvgIpc) is 2.79. The van der Waals surface area contributed by atoms with Gasteiger partial charge in [0.1, 0.15) is 5.82 Å². The fraction of sp³-hybridized carbons (Fsp3) is 0.158. The van der Waals surface area contributed by atoms with E-state index < -0.39 is 5.54 Å². The standard InChI is InChI=1S/C19H15FN2/c1-19(2)17-14(7-5-8-15(17)20)18(22-19)13-10-12-6-3-4-9-16(12)21-11-13/h3-11H,1-2H3. The number of aliphatic imine (C=N–C) groups is 1. The van der Waals surface area contributed by atoms with Crippen molar-refractivity contribution in [2.24, 2.45) is 4.99 Å². The van der Waals surface area contributed by atoms with E-state index in [1.807, 2.05) is 50.4 Å². The maximum absolute atomic E-state index is 14.2. The molecule has 22 heavy (non-hydrogen) atoms. The molecule has 0 saturated heterocycles. The van der Waals surface area contributed by atoms with E-state index in [1.54, 1.807) is 6.07 Å². The van der Waals surface area contributed by atoms with Gasteiger partial charge in [0.2, 0.25) is 0 Å². The average molecular weight is 290 g/mol. The van der Waals surface area contributed by atoms with Crippen molar-refractivity contribution in [3.8, 4) is 0 Å². The molecule has 4 rings (SSSR count). The number of pyridine rings is 1. The topological polar surface area (TPSA) is 25.2 Å². The van der Waals surface area contributed by atoms with Crippen molar-refractivity contribution >= 4 is 16.6 Å². The van der Waals surface area contributed by atoms with E-state index in [1.165, 1.54) is 6.07 Å². The summed E-state index contributed by atoms with van der Waals surface area (Å²) < 4.78 is 14.2. The summed E-state index contributed by atoms with van der Waals surface area (Å²) in [5, 5.41) is 1.06. The minimum absolute atomic E-state index is 0.199. The molecular weight excluding hydrogens is 275 g/mol. The molecule has 108 valence electrons. The molecule has 0 N–H and O–H groups in total. The normalized spacial score (nSPS) is 15.7. The van der Waals surface area contributed by atoms with Crippen molar-refractivity contribution in [2.45, 2.75) is 19.4 Å². The second-order valence-corrected chi connectivity index (χ2v) is 6.10. The number of hydrogen-bond donors (Lipinski definition) is 0. The van der Waals surface area contributed by atoms with Crippen LogP contribution < -0.4 is 0 Å². The van der Waals surface area contributed by atoms with Gasteiger partial charge in [0.15, 0.2) is 0 Å². The van der Waals surface area contributed by atoms with Crippen molar-refractivity contribution in [1.29, 1.82) is 0 Å². The maximum Gasteiger partial charge on any atom is 0.129 e. The zero-order valence-corrected chi connectivity index (χ0v) is 12.5. The number of hydrogen-bond acceptors (Lipinski definition) is 2. The lowest BCUT2D eigenvalue weighted by molar-refractivity contribution is 0.514. The van der Waals surface area contributed by atoms with E-state index in [9.17, 15) is 4.39 Å². The molecule has 0 fully saturated rings. The molecule has 1 aliphatic rings. The molecule has 2 aromatic carbocycles. The van der Waals surface area contributed by atoms with Crippen LogP contribution in [-0.2, 0) is 5.54 Å². The van der Waals surface area contributed by atoms with Gasteiger partial charge in [0.05, 0.1) is 16.8 Å². The van der Waals surface area contributed by atoms with E-state index >= 15 is 0 Å². The van der Waals surface area contributed by atoms with Gasteiger partial charge in [-0.1, -0.05) is 30.3 Å². The highest BCUT2D eigenvalue weighted by molar-refractivity contribution is 6.16. The van der Waals surface area contributed by atoms with Crippen LogP contribution in [0, 0.1) is 5.82 Å². The Hall–Kier alpha value is -2.55. The van der Waals surface area contributed by atoms with Gasteiger partial charge >= 0.3 is 0 Å². The van der Waals surface area contributed by atoms with E-state index in [4.69, 9.17) is 4.99 Å². The summed E-state index contributed by atoms with van der Waals surface area (Å²) in [5.41, 5.74) is 3.67. The van der Waals surface area contributed by atoms with E-state index in [-0.39, 0.29) is 5.82 Å². The Morgan fingerprint density at radius 2 is 1.82 bits per heavy atom. The minimum atomic E-state index is -0.554. The molecule has 2 heterocycles. The summed E-state index contributed by atoms with van der Waals surface area (Å²) in [6.07, 6.45) is 1.82. The van der Waals surface area contributed by atoms with Crippen molar-refractivity contribution in [2.75, 3.05) is 0 Å². The summed E-state index contributed by atoms with van der Waals surface area (Å²) in [7, 11) is 0. The van der Waals surface area contributed by atoms with Gasteiger partial charge in [0.25, 0.3) is 0 Å². The van der Waals surface area contributed by atoms with Crippen molar-refractivity contribution < 1.29 is 4.39 Å². The fourth-order valence-corrected chi connectivity index (χ4v) is 3.16. The Kier molecular flexibility index (Phi) is 2.67. The Balaban J connectivity index is 1.95. The quantitative estimate of drug-likeness (QED) is 0.649. The Morgan fingerprint density at radius 1 is 1.00 bits per heavy atom. The molecule has 0 radical (unpaired) electrons. The molecule has 3 aromatic rings. The molecule has 0 atom stereocenters. The highest BCUT2D eigenvalue weighted by atomic mass is 19.1. The third kappa shape index (κ3) is 1.86. The Labute approximate surface area is 128 Å². The fourth-order valence-electron chi connectivity index (χ4n) is 3.16. The molecule has 0 spiro atoms. The molecule has 2 nitrogen and oxygen atoms in total. The van der Waals surface area contributed by atoms with Crippen LogP contribution in [0.5, 0.6) is 0 Å². The second-order valence-electron chi connectivity index (χ2n) is 6.10. The first kappa shape index (κ1) is 13.1. The number of halogens is 1. The van der Waals surface area contributed by atoms with Crippen LogP contribution in [-0.4, -0.2) is 10.7 Å². The highest BCUT2D eigenvalue weighted by Crippen LogP contribution is 2.38. The van der Waals surface area contributed by atoms with Gasteiger partial charge in [0, 0.05) is 28.3 Å². The van der Waals surface area contributed by atoms with Gasteiger partial charge in [-0.3, -0.25) is 9.98 Å². The summed E-state index contributed by atoms with van der Waals surface area (Å²) >= 11 is 0. The molecule has 3 heteroatoms. The third-order valence-corrected chi connectivity index (χ3v) is 4.14. The molecule has 1 aliphatic heterocycles. The molecule has 0 saturated carbocycles. The first-order valence-corrected chi connectivity index (χ1v) is 7.31. The van der Waals surface area contributed by atoms with Crippen LogP contribution in [0.15, 0.2) is 59.7 Å². The summed E-state index contributed by atoms with van der Waals surface area (Å²) in [4.78, 5) is 9.26. The van der Waals surface area contributed by atoms with Crippen molar-refractivity contribution in [1.82, 2.24) is 4.98 Å². The minimum Gasteiger partial charge on any atom is -0.273 e. The number of benzene rings is 2. The predicted molar refractivity (Wildman–Crippen MR) is 86.8 cm³/mol. The van der Waals surface area contributed by atoms with Crippen LogP contribution in [0.25, 0.3) is 10.9 Å². The highest BCUT2D eigenvalue weighted by Gasteiger charge is 2.34. The zero-order chi connectivity index (χ0) is 15.3. The SMILES string of the molecule is CC1(C)N=C(c2cnc3ccccc3c2)c2cccc(F)c21. The van der Waals surface area contributed by atoms with Crippen LogP contribution in [0.2, 0.25) is 0 Å². The largest absolute Gasteiger partial charge is 0.273 e. The number of aromatic nitrogens is 1. The molecule has 0 bridgehead atoms. The lowest BCUT2D eigenvalue weighted by atomic mass is 9.91. The molecular formula is C19H15FN2. The Bertz CT molecular complexity index is 926. The van der Waals surface area contributed by atoms with Crippen molar-refractivity contribution in [3.63, 3.8) is 0 Å². The van der Waals surface area contributed by atoms with Crippen LogP contribution in [0.4, 0.5) is 4.39 Å².